The summed E-state index contributed by atoms with van der Waals surface area (Å²) in [6.45, 7) is 14.2. The normalized spacial score (nSPS) is 22.9. The number of rotatable bonds is 15. The van der Waals surface area contributed by atoms with E-state index in [1.807, 2.05) is 64.4 Å². The number of benzene rings is 3. The molecule has 2 aliphatic carbocycles. The molecule has 6 atom stereocenters. The predicted molar refractivity (Wildman–Crippen MR) is 320 cm³/mol. The van der Waals surface area contributed by atoms with Gasteiger partial charge in [0.25, 0.3) is 0 Å². The van der Waals surface area contributed by atoms with Gasteiger partial charge in [-0.2, -0.15) is 9.97 Å². The van der Waals surface area contributed by atoms with Crippen LogP contribution in [0.25, 0.3) is 43.4 Å². The Bertz CT molecular complexity index is 3530. The van der Waals surface area contributed by atoms with Gasteiger partial charge in [-0.05, 0) is 143 Å². The summed E-state index contributed by atoms with van der Waals surface area (Å²) in [6.07, 6.45) is 17.1. The first-order chi connectivity index (χ1) is 40.2. The first kappa shape index (κ1) is 57.6. The fourth-order valence-corrected chi connectivity index (χ4v) is 14.9. The van der Waals surface area contributed by atoms with E-state index in [1.165, 1.54) is 29.2 Å². The van der Waals surface area contributed by atoms with Gasteiger partial charge in [0.2, 0.25) is 17.7 Å². The number of piperazine rings is 1. The highest BCUT2D eigenvalue weighted by atomic mass is 32.1. The minimum Gasteiger partial charge on any atom is -0.508 e. The summed E-state index contributed by atoms with van der Waals surface area (Å²) >= 11 is 1.58. The molecule has 6 aromatic rings. The van der Waals surface area contributed by atoms with Crippen LogP contribution in [0.2, 0.25) is 0 Å². The number of aromatic nitrogens is 4. The lowest BCUT2D eigenvalue weighted by molar-refractivity contribution is -0.144. The summed E-state index contributed by atoms with van der Waals surface area (Å²) in [5.41, 5.74) is 4.23. The van der Waals surface area contributed by atoms with Gasteiger partial charge >= 0.3 is 6.01 Å². The van der Waals surface area contributed by atoms with Gasteiger partial charge < -0.3 is 45.6 Å². The Hall–Kier alpha value is -6.85. The van der Waals surface area contributed by atoms with Gasteiger partial charge in [-0.3, -0.25) is 19.4 Å². The highest BCUT2D eigenvalue weighted by molar-refractivity contribution is 7.13. The molecule has 84 heavy (non-hydrogen) atoms. The number of carbonyl (C=O) groups excluding carboxylic acids is 3. The fraction of sp³-hybridized carbons (Fsp3) is 0.523. The van der Waals surface area contributed by atoms with E-state index in [4.69, 9.17) is 21.1 Å². The number of thiazole rings is 1. The van der Waals surface area contributed by atoms with Gasteiger partial charge in [-0.15, -0.1) is 17.8 Å². The predicted octanol–water partition coefficient (Wildman–Crippen LogP) is 9.37. The first-order valence-electron chi connectivity index (χ1n) is 30.0. The number of nitrogens with zero attached hydrogens (tertiary/aromatic N) is 7. The summed E-state index contributed by atoms with van der Waals surface area (Å²) in [6, 6.07) is 12.1. The molecular formula is C65H76F2N10O6S. The summed E-state index contributed by atoms with van der Waals surface area (Å²) in [4.78, 5) is 68.2. The molecule has 12 rings (SSSR count). The molecule has 3 amide bonds. The number of pyridine rings is 1. The van der Waals surface area contributed by atoms with E-state index >= 15 is 8.78 Å². The topological polar surface area (TPSA) is 198 Å². The van der Waals surface area contributed by atoms with Crippen molar-refractivity contribution in [3.8, 4) is 45.8 Å². The quantitative estimate of drug-likeness (QED) is 0.0611. The number of halogens is 2. The number of anilines is 1. The molecule has 6 fully saturated rings. The first-order valence-corrected chi connectivity index (χ1v) is 30.9. The Kier molecular flexibility index (Phi) is 15.7. The number of hydrogen-bond acceptors (Lipinski definition) is 14. The Morgan fingerprint density at radius 3 is 2.33 bits per heavy atom. The molecule has 2 saturated carbocycles. The lowest BCUT2D eigenvalue weighted by atomic mass is 9.65. The number of carbonyl (C=O) groups is 3. The lowest BCUT2D eigenvalue weighted by Crippen LogP contribution is -2.58. The second-order valence-corrected chi connectivity index (χ2v) is 27.2. The van der Waals surface area contributed by atoms with E-state index in [2.05, 4.69) is 41.6 Å². The zero-order valence-electron chi connectivity index (χ0n) is 48.6. The summed E-state index contributed by atoms with van der Waals surface area (Å²) < 4.78 is 38.9. The summed E-state index contributed by atoms with van der Waals surface area (Å²) in [7, 11) is 0. The van der Waals surface area contributed by atoms with Gasteiger partial charge in [0.05, 0.1) is 45.8 Å². The van der Waals surface area contributed by atoms with Crippen molar-refractivity contribution in [2.75, 3.05) is 50.8 Å². The summed E-state index contributed by atoms with van der Waals surface area (Å²) in [5, 5.41) is 32.6. The number of hydrogen-bond donors (Lipinski definition) is 5. The van der Waals surface area contributed by atoms with Crippen LogP contribution >= 0.6 is 11.3 Å². The SMILES string of the molecule is C#Cc1c(F)ccc2cc(O)cc(-c3ncc4c(N5CC6CCC(C5)N6)nc(OCC5(CN6CCC7(CCC(CC(=O)N[C@H](C(=O)N8C[C@H](O)C[C@H]8C(=O)N[C@@H](C)c8ccc(-c9scnc9C)cc8)C(C)(C)C)CC7)CC6)CC5)nc4c3F)c12. The molecule has 19 heteroatoms. The molecule has 2 bridgehead atoms. The third kappa shape index (κ3) is 11.7. The number of phenolic OH excluding ortho intramolecular Hbond substituents is 1. The van der Waals surface area contributed by atoms with Crippen molar-refractivity contribution in [3.05, 3.63) is 88.7 Å². The monoisotopic (exact) mass is 1160 g/mol. The minimum absolute atomic E-state index is 0.0121. The highest BCUT2D eigenvalue weighted by Gasteiger charge is 2.48. The molecule has 2 unspecified atom stereocenters. The zero-order valence-corrected chi connectivity index (χ0v) is 49.5. The van der Waals surface area contributed by atoms with Gasteiger partial charge in [-0.25, -0.2) is 13.8 Å². The maximum atomic E-state index is 17.2. The number of aliphatic hydroxyl groups is 1. The van der Waals surface area contributed by atoms with E-state index in [1.54, 1.807) is 17.5 Å². The largest absolute Gasteiger partial charge is 0.508 e. The van der Waals surface area contributed by atoms with Crippen molar-refractivity contribution in [1.29, 1.82) is 0 Å². The smallest absolute Gasteiger partial charge is 0.319 e. The van der Waals surface area contributed by atoms with Crippen LogP contribution in [0.15, 0.2) is 60.2 Å². The second-order valence-electron chi connectivity index (χ2n) is 26.3. The van der Waals surface area contributed by atoms with E-state index < -0.39 is 35.2 Å². The highest BCUT2D eigenvalue weighted by Crippen LogP contribution is 2.51. The molecule has 7 heterocycles. The molecule has 5 N–H and O–H groups in total. The molecular weight excluding hydrogens is 1090 g/mol. The van der Waals surface area contributed by atoms with Crippen molar-refractivity contribution < 1.29 is 38.1 Å². The van der Waals surface area contributed by atoms with Gasteiger partial charge in [0, 0.05) is 73.7 Å². The van der Waals surface area contributed by atoms with Crippen molar-refractivity contribution >= 4 is 56.6 Å². The van der Waals surface area contributed by atoms with Crippen molar-refractivity contribution in [1.82, 2.24) is 45.7 Å². The standard InChI is InChI=1S/C65H76F2N10O6S/c1-7-47-50(66)15-12-42-27-45(78)28-48(53(42)47)55-54(67)56-49(30-68-55)59(76-31-43-13-14-44(32-76)71-43)74-62(73-56)83-35-65(20-21-65)34-75-24-22-64(23-25-75)18-16-39(17-19-64)26-52(80)72-58(63(4,5)6)61(82)77-33-46(79)29-51(77)60(81)70-37(2)40-8-10-41(11-9-40)57-38(3)69-36-84-57/h1,8-12,15,27-28,30,36-37,39,43-44,46,51,58,71,78-79H,13-14,16-26,29,31-35H2,2-6H3,(H,70,81)(H,72,80)/t37-,43?,44?,46+,51-,58+/m0/s1. The lowest BCUT2D eigenvalue weighted by Gasteiger charge is -2.46. The van der Waals surface area contributed by atoms with Crippen LogP contribution in [0.4, 0.5) is 14.6 Å². The molecule has 4 aliphatic heterocycles. The van der Waals surface area contributed by atoms with Crippen LogP contribution in [0.5, 0.6) is 11.8 Å². The van der Waals surface area contributed by atoms with Crippen LogP contribution in [-0.4, -0.2) is 134 Å². The van der Waals surface area contributed by atoms with E-state index in [0.29, 0.717) is 42.7 Å². The third-order valence-electron chi connectivity index (χ3n) is 19.3. The number of nitrogens with one attached hydrogen (secondary N) is 3. The molecule has 6 aliphatic rings. The molecule has 442 valence electrons. The van der Waals surface area contributed by atoms with Crippen molar-refractivity contribution in [3.63, 3.8) is 0 Å². The Labute approximate surface area is 493 Å². The average Bonchev–Trinajstić information content (AvgIpc) is 1.38. The Balaban J connectivity index is 0.653. The van der Waals surface area contributed by atoms with E-state index in [0.717, 1.165) is 106 Å². The van der Waals surface area contributed by atoms with Crippen molar-refractivity contribution in [2.24, 2.45) is 22.2 Å². The number of β-amino-alcohol motifs (C(OH)–C–C–N with tert-alkyl or cyclic N) is 1. The number of phenols is 1. The van der Waals surface area contributed by atoms with E-state index in [9.17, 15) is 24.6 Å². The number of aromatic hydroxyl groups is 1. The van der Waals surface area contributed by atoms with Crippen molar-refractivity contribution in [2.45, 2.75) is 148 Å². The average molecular weight is 1160 g/mol. The molecule has 0 radical (unpaired) electrons. The molecule has 16 nitrogen and oxygen atoms in total. The summed E-state index contributed by atoms with van der Waals surface area (Å²) in [5.74, 6) is 0.756. The number of terminal acetylenes is 1. The fourth-order valence-electron chi connectivity index (χ4n) is 14.1. The number of ether oxygens (including phenoxy) is 1. The van der Waals surface area contributed by atoms with Crippen LogP contribution < -0.4 is 25.6 Å². The number of amides is 3. The van der Waals surface area contributed by atoms with Crippen LogP contribution in [-0.2, 0) is 14.4 Å². The van der Waals surface area contributed by atoms with Crippen LogP contribution in [0, 0.1) is 53.1 Å². The maximum Gasteiger partial charge on any atom is 0.319 e. The number of piperidine rings is 1. The second kappa shape index (κ2) is 22.9. The molecule has 1 spiro atoms. The maximum absolute atomic E-state index is 17.2. The molecule has 3 aromatic carbocycles. The molecule has 4 saturated heterocycles. The number of fused-ring (bicyclic) bond motifs is 4. The Morgan fingerprint density at radius 2 is 1.67 bits per heavy atom. The third-order valence-corrected chi connectivity index (χ3v) is 20.2. The van der Waals surface area contributed by atoms with Gasteiger partial charge in [0.1, 0.15) is 40.7 Å². The minimum atomic E-state index is -0.889. The van der Waals surface area contributed by atoms with Crippen LogP contribution in [0.1, 0.15) is 128 Å². The zero-order chi connectivity index (χ0) is 58.8. The van der Waals surface area contributed by atoms with Gasteiger partial charge in [-0.1, -0.05) is 57.0 Å². The van der Waals surface area contributed by atoms with Crippen LogP contribution in [0.3, 0.4) is 0 Å². The Morgan fingerprint density at radius 1 is 0.940 bits per heavy atom. The van der Waals surface area contributed by atoms with E-state index in [-0.39, 0.29) is 105 Å². The number of likely N-dealkylation sites (tertiary alicyclic amines) is 2. The van der Waals surface area contributed by atoms with Gasteiger partial charge in [0.15, 0.2) is 5.82 Å². The molecule has 3 aromatic heterocycles. The number of aliphatic hydroxyl groups excluding tert-OH is 1. The number of aryl methyl sites for hydroxylation is 1.